The van der Waals surface area contributed by atoms with Crippen LogP contribution in [0.5, 0.6) is 5.75 Å². The third kappa shape index (κ3) is 6.85. The Morgan fingerprint density at radius 2 is 1.83 bits per heavy atom. The molecule has 10 nitrogen and oxygen atoms in total. The summed E-state index contributed by atoms with van der Waals surface area (Å²) >= 11 is 3.53. The van der Waals surface area contributed by atoms with E-state index in [-0.39, 0.29) is 29.9 Å². The largest absolute Gasteiger partial charge is 0.495 e. The van der Waals surface area contributed by atoms with Gasteiger partial charge in [0.05, 0.1) is 17.3 Å². The number of aromatic nitrogens is 2. The van der Waals surface area contributed by atoms with Gasteiger partial charge in [-0.15, -0.1) is 0 Å². The minimum absolute atomic E-state index is 0.0326. The Balaban J connectivity index is 1.46. The molecule has 194 valence electrons. The fraction of sp³-hybridized carbons (Fsp3) is 0.520. The molecule has 11 heteroatoms. The normalized spacial score (nSPS) is 20.3. The first-order valence-electron chi connectivity index (χ1n) is 12.3. The molecule has 2 fully saturated rings. The Morgan fingerprint density at radius 3 is 2.56 bits per heavy atom. The summed E-state index contributed by atoms with van der Waals surface area (Å²) in [4.78, 5) is 33.4. The van der Waals surface area contributed by atoms with Crippen molar-refractivity contribution >= 4 is 45.2 Å². The van der Waals surface area contributed by atoms with E-state index in [0.717, 1.165) is 43.0 Å². The van der Waals surface area contributed by atoms with Crippen molar-refractivity contribution in [1.29, 1.82) is 0 Å². The van der Waals surface area contributed by atoms with Gasteiger partial charge in [0.1, 0.15) is 11.6 Å². The number of anilines is 3. The number of rotatable bonds is 8. The van der Waals surface area contributed by atoms with Crippen LogP contribution in [0.2, 0.25) is 0 Å². The number of hydrogen-bond acceptors (Lipinski definition) is 8. The lowest BCUT2D eigenvalue weighted by Gasteiger charge is -2.33. The van der Waals surface area contributed by atoms with E-state index in [9.17, 15) is 9.59 Å². The summed E-state index contributed by atoms with van der Waals surface area (Å²) in [5.41, 5.74) is 1.16. The second kappa shape index (κ2) is 12.4. The monoisotopic (exact) mass is 560 g/mol. The summed E-state index contributed by atoms with van der Waals surface area (Å²) < 4.78 is 11.6. The van der Waals surface area contributed by atoms with Crippen LogP contribution in [0.4, 0.5) is 17.5 Å². The Hall–Kier alpha value is -2.92. The third-order valence-electron chi connectivity index (χ3n) is 6.49. The first kappa shape index (κ1) is 26.2. The Labute approximate surface area is 219 Å². The van der Waals surface area contributed by atoms with Crippen LogP contribution in [0.15, 0.2) is 28.9 Å². The number of methoxy groups -OCH3 is 1. The summed E-state index contributed by atoms with van der Waals surface area (Å²) in [5.74, 6) is 1.36. The molecule has 2 atom stereocenters. The van der Waals surface area contributed by atoms with Gasteiger partial charge in [-0.1, -0.05) is 12.8 Å². The van der Waals surface area contributed by atoms with E-state index >= 15 is 0 Å². The van der Waals surface area contributed by atoms with Gasteiger partial charge in [-0.05, 0) is 59.8 Å². The minimum Gasteiger partial charge on any atom is -0.495 e. The van der Waals surface area contributed by atoms with Crippen LogP contribution in [-0.2, 0) is 9.53 Å². The second-order valence-corrected chi connectivity index (χ2v) is 9.99. The van der Waals surface area contributed by atoms with E-state index in [4.69, 9.17) is 9.47 Å². The van der Waals surface area contributed by atoms with E-state index in [2.05, 4.69) is 47.2 Å². The molecular weight excluding hydrogens is 528 g/mol. The van der Waals surface area contributed by atoms with Crippen molar-refractivity contribution in [3.63, 3.8) is 0 Å². The lowest BCUT2D eigenvalue weighted by atomic mass is 9.90. The zero-order chi connectivity index (χ0) is 25.5. The van der Waals surface area contributed by atoms with Crippen LogP contribution in [0.3, 0.4) is 0 Å². The van der Waals surface area contributed by atoms with Gasteiger partial charge in [0, 0.05) is 50.0 Å². The van der Waals surface area contributed by atoms with Gasteiger partial charge in [0.2, 0.25) is 11.9 Å². The van der Waals surface area contributed by atoms with E-state index < -0.39 is 0 Å². The van der Waals surface area contributed by atoms with Gasteiger partial charge in [-0.25, -0.2) is 4.98 Å². The van der Waals surface area contributed by atoms with Crippen molar-refractivity contribution in [3.05, 3.63) is 34.4 Å². The van der Waals surface area contributed by atoms with E-state index in [1.807, 2.05) is 0 Å². The molecule has 1 saturated heterocycles. The molecule has 0 bridgehead atoms. The molecular formula is C25H33BrN6O4. The average Bonchev–Trinajstić information content (AvgIpc) is 2.87. The van der Waals surface area contributed by atoms with Crippen molar-refractivity contribution in [2.24, 2.45) is 0 Å². The Kier molecular flexibility index (Phi) is 8.98. The number of nitrogens with zero attached hydrogens (tertiary/aromatic N) is 2. The molecule has 2 amide bonds. The smallest absolute Gasteiger partial charge is 0.251 e. The first-order chi connectivity index (χ1) is 17.4. The molecule has 4 rings (SSSR count). The molecule has 1 saturated carbocycles. The van der Waals surface area contributed by atoms with Crippen molar-refractivity contribution in [1.82, 2.24) is 20.6 Å². The van der Waals surface area contributed by atoms with Crippen LogP contribution >= 0.6 is 15.9 Å². The number of halogens is 1. The molecule has 4 N–H and O–H groups in total. The number of hydrogen-bond donors (Lipinski definition) is 4. The lowest BCUT2D eigenvalue weighted by molar-refractivity contribution is -0.119. The standard InChI is InChI=1S/C25H33BrN6O4/c1-15(33)28-19-5-3-4-6-20(19)30-23-18(26)14-27-25(32-23)31-21-8-7-16(13-22(21)35-2)24(34)29-17-9-11-36-12-10-17/h7-8,13-14,17,19-20H,3-6,9-12H2,1-2H3,(H,28,33)(H,29,34)(H2,27,30,31,32)/t19-,20-/m1/s1. The maximum Gasteiger partial charge on any atom is 0.251 e. The van der Waals surface area contributed by atoms with Crippen molar-refractivity contribution in [2.75, 3.05) is 31.0 Å². The van der Waals surface area contributed by atoms with Gasteiger partial charge in [0.25, 0.3) is 5.91 Å². The number of nitrogens with one attached hydrogen (secondary N) is 4. The fourth-order valence-corrected chi connectivity index (χ4v) is 4.91. The minimum atomic E-state index is -0.140. The summed E-state index contributed by atoms with van der Waals surface area (Å²) in [6.07, 6.45) is 7.34. The highest BCUT2D eigenvalue weighted by atomic mass is 79.9. The molecule has 2 aromatic rings. The van der Waals surface area contributed by atoms with Gasteiger partial charge >= 0.3 is 0 Å². The fourth-order valence-electron chi connectivity index (χ4n) is 4.61. The van der Waals surface area contributed by atoms with E-state index in [1.54, 1.807) is 38.4 Å². The molecule has 0 spiro atoms. The lowest BCUT2D eigenvalue weighted by Crippen LogP contribution is -2.48. The molecule has 1 aromatic heterocycles. The highest BCUT2D eigenvalue weighted by molar-refractivity contribution is 9.10. The third-order valence-corrected chi connectivity index (χ3v) is 7.07. The average molecular weight is 561 g/mol. The number of benzene rings is 1. The predicted octanol–water partition coefficient (Wildman–Crippen LogP) is 3.76. The van der Waals surface area contributed by atoms with Gasteiger partial charge in [0.15, 0.2) is 0 Å². The molecule has 1 aliphatic heterocycles. The number of carbonyl (C=O) groups is 2. The highest BCUT2D eigenvalue weighted by Crippen LogP contribution is 2.30. The summed E-state index contributed by atoms with van der Waals surface area (Å²) in [6.45, 7) is 2.87. The topological polar surface area (TPSA) is 127 Å². The summed E-state index contributed by atoms with van der Waals surface area (Å²) in [7, 11) is 1.56. The Bertz CT molecular complexity index is 1080. The summed E-state index contributed by atoms with van der Waals surface area (Å²) in [5, 5.41) is 12.8. The van der Waals surface area contributed by atoms with Crippen LogP contribution in [0.1, 0.15) is 55.8 Å². The quantitative estimate of drug-likeness (QED) is 0.384. The molecule has 2 heterocycles. The second-order valence-electron chi connectivity index (χ2n) is 9.13. The van der Waals surface area contributed by atoms with Gasteiger partial charge in [-0.3, -0.25) is 9.59 Å². The van der Waals surface area contributed by atoms with E-state index in [1.165, 1.54) is 0 Å². The maximum atomic E-state index is 12.7. The van der Waals surface area contributed by atoms with Crippen LogP contribution < -0.4 is 26.0 Å². The van der Waals surface area contributed by atoms with Crippen LogP contribution in [0.25, 0.3) is 0 Å². The van der Waals surface area contributed by atoms with Crippen molar-refractivity contribution in [2.45, 2.75) is 63.6 Å². The predicted molar refractivity (Wildman–Crippen MR) is 141 cm³/mol. The molecule has 0 unspecified atom stereocenters. The van der Waals surface area contributed by atoms with E-state index in [0.29, 0.717) is 42.0 Å². The number of amides is 2. The molecule has 0 radical (unpaired) electrons. The Morgan fingerprint density at radius 1 is 1.08 bits per heavy atom. The van der Waals surface area contributed by atoms with Crippen LogP contribution in [0, 0.1) is 0 Å². The maximum absolute atomic E-state index is 12.7. The SMILES string of the molecule is COc1cc(C(=O)NC2CCOCC2)ccc1Nc1ncc(Br)c(N[C@@H]2CCCC[C@H]2NC(C)=O)n1. The van der Waals surface area contributed by atoms with Crippen molar-refractivity contribution in [3.8, 4) is 5.75 Å². The summed E-state index contributed by atoms with van der Waals surface area (Å²) in [6, 6.07) is 5.47. The first-order valence-corrected chi connectivity index (χ1v) is 13.1. The number of carbonyl (C=O) groups excluding carboxylic acids is 2. The molecule has 1 aliphatic carbocycles. The van der Waals surface area contributed by atoms with Gasteiger partial charge in [-0.2, -0.15) is 4.98 Å². The molecule has 2 aliphatic rings. The van der Waals surface area contributed by atoms with Crippen LogP contribution in [-0.4, -0.2) is 60.2 Å². The number of ether oxygens (including phenoxy) is 2. The molecule has 36 heavy (non-hydrogen) atoms. The van der Waals surface area contributed by atoms with Crippen molar-refractivity contribution < 1.29 is 19.1 Å². The zero-order valence-corrected chi connectivity index (χ0v) is 22.2. The zero-order valence-electron chi connectivity index (χ0n) is 20.6. The molecule has 1 aromatic carbocycles. The van der Waals surface area contributed by atoms with Gasteiger partial charge < -0.3 is 30.7 Å². The highest BCUT2D eigenvalue weighted by Gasteiger charge is 2.27.